The number of amides is 1. The molecule has 0 aromatic heterocycles. The molecule has 1 aliphatic rings. The smallest absolute Gasteiger partial charge is 0.222 e. The second-order valence-electron chi connectivity index (χ2n) is 5.74. The largest absolute Gasteiger partial charge is 0.340 e. The number of nitrogens with two attached hydrogens (primary N) is 1. The second-order valence-corrected chi connectivity index (χ2v) is 5.74. The third-order valence-electron chi connectivity index (χ3n) is 3.92. The molecule has 1 aliphatic heterocycles. The first-order chi connectivity index (χ1) is 8.56. The molecule has 4 heteroatoms. The van der Waals surface area contributed by atoms with Gasteiger partial charge in [-0.3, -0.25) is 9.69 Å². The van der Waals surface area contributed by atoms with Gasteiger partial charge in [0.25, 0.3) is 0 Å². The maximum absolute atomic E-state index is 12.0. The third kappa shape index (κ3) is 4.94. The van der Waals surface area contributed by atoms with E-state index in [1.165, 1.54) is 0 Å². The molecule has 1 heterocycles. The predicted octanol–water partition coefficient (Wildman–Crippen LogP) is 1.16. The van der Waals surface area contributed by atoms with Crippen LogP contribution in [0.25, 0.3) is 0 Å². The van der Waals surface area contributed by atoms with Crippen molar-refractivity contribution in [3.8, 4) is 0 Å². The van der Waals surface area contributed by atoms with E-state index in [1.54, 1.807) is 0 Å². The van der Waals surface area contributed by atoms with Crippen molar-refractivity contribution in [1.29, 1.82) is 0 Å². The van der Waals surface area contributed by atoms with Crippen LogP contribution in [0.5, 0.6) is 0 Å². The highest BCUT2D eigenvalue weighted by Gasteiger charge is 2.22. The summed E-state index contributed by atoms with van der Waals surface area (Å²) in [7, 11) is 0. The monoisotopic (exact) mass is 255 g/mol. The Morgan fingerprint density at radius 1 is 1.17 bits per heavy atom. The molecule has 0 aromatic carbocycles. The number of nitrogens with zero attached hydrogens (tertiary/aromatic N) is 2. The van der Waals surface area contributed by atoms with Crippen molar-refractivity contribution >= 4 is 5.91 Å². The molecule has 2 N–H and O–H groups in total. The lowest BCUT2D eigenvalue weighted by atomic mass is 10.0. The van der Waals surface area contributed by atoms with Crippen LogP contribution >= 0.6 is 0 Å². The van der Waals surface area contributed by atoms with Gasteiger partial charge >= 0.3 is 0 Å². The molecular formula is C14H29N3O. The molecule has 0 aliphatic carbocycles. The Balaban J connectivity index is 2.28. The highest BCUT2D eigenvalue weighted by Crippen LogP contribution is 2.11. The quantitative estimate of drug-likeness (QED) is 0.775. The molecule has 4 nitrogen and oxygen atoms in total. The summed E-state index contributed by atoms with van der Waals surface area (Å²) in [5, 5.41) is 0. The summed E-state index contributed by atoms with van der Waals surface area (Å²) in [4.78, 5) is 16.5. The highest BCUT2D eigenvalue weighted by atomic mass is 16.2. The Bertz CT molecular complexity index is 249. The maximum Gasteiger partial charge on any atom is 0.222 e. The Labute approximate surface area is 111 Å². The summed E-state index contributed by atoms with van der Waals surface area (Å²) in [6.07, 6.45) is 1.79. The molecule has 0 spiro atoms. The average molecular weight is 255 g/mol. The van der Waals surface area contributed by atoms with Crippen molar-refractivity contribution in [2.75, 3.05) is 39.3 Å². The van der Waals surface area contributed by atoms with Gasteiger partial charge in [0.05, 0.1) is 0 Å². The van der Waals surface area contributed by atoms with Crippen molar-refractivity contribution in [3.05, 3.63) is 0 Å². The molecular weight excluding hydrogens is 226 g/mol. The fourth-order valence-corrected chi connectivity index (χ4v) is 2.27. The van der Waals surface area contributed by atoms with Crippen molar-refractivity contribution in [1.82, 2.24) is 9.80 Å². The van der Waals surface area contributed by atoms with E-state index in [9.17, 15) is 4.79 Å². The van der Waals surface area contributed by atoms with Crippen molar-refractivity contribution in [3.63, 3.8) is 0 Å². The van der Waals surface area contributed by atoms with E-state index >= 15 is 0 Å². The molecule has 2 unspecified atom stereocenters. The zero-order valence-corrected chi connectivity index (χ0v) is 12.2. The van der Waals surface area contributed by atoms with Gasteiger partial charge in [-0.2, -0.15) is 0 Å². The zero-order chi connectivity index (χ0) is 13.5. The summed E-state index contributed by atoms with van der Waals surface area (Å²) < 4.78 is 0. The summed E-state index contributed by atoms with van der Waals surface area (Å²) in [5.41, 5.74) is 5.64. The zero-order valence-electron chi connectivity index (χ0n) is 12.2. The molecule has 1 saturated heterocycles. The van der Waals surface area contributed by atoms with E-state index in [1.807, 2.05) is 4.90 Å². The normalized spacial score (nSPS) is 20.8. The average Bonchev–Trinajstić information content (AvgIpc) is 2.39. The van der Waals surface area contributed by atoms with Crippen molar-refractivity contribution in [2.45, 2.75) is 33.6 Å². The minimum atomic E-state index is 0.330. The van der Waals surface area contributed by atoms with Crippen molar-refractivity contribution < 1.29 is 4.79 Å². The van der Waals surface area contributed by atoms with Gasteiger partial charge in [0.1, 0.15) is 0 Å². The van der Waals surface area contributed by atoms with Gasteiger partial charge in [0, 0.05) is 39.1 Å². The molecule has 2 atom stereocenters. The molecule has 18 heavy (non-hydrogen) atoms. The third-order valence-corrected chi connectivity index (χ3v) is 3.92. The Morgan fingerprint density at radius 2 is 1.78 bits per heavy atom. The molecule has 1 fully saturated rings. The van der Waals surface area contributed by atoms with Crippen LogP contribution in [-0.2, 0) is 4.79 Å². The van der Waals surface area contributed by atoms with E-state index in [0.717, 1.165) is 45.7 Å². The minimum Gasteiger partial charge on any atom is -0.340 e. The molecule has 106 valence electrons. The van der Waals surface area contributed by atoms with E-state index in [-0.39, 0.29) is 0 Å². The highest BCUT2D eigenvalue weighted by molar-refractivity contribution is 5.76. The number of hydrogen-bond donors (Lipinski definition) is 1. The van der Waals surface area contributed by atoms with Crippen LogP contribution < -0.4 is 5.73 Å². The number of piperazine rings is 1. The first-order valence-electron chi connectivity index (χ1n) is 7.27. The summed E-state index contributed by atoms with van der Waals surface area (Å²) >= 11 is 0. The van der Waals surface area contributed by atoms with Crippen LogP contribution in [0, 0.1) is 11.8 Å². The lowest BCUT2D eigenvalue weighted by molar-refractivity contribution is -0.133. The van der Waals surface area contributed by atoms with Crippen LogP contribution in [0.3, 0.4) is 0 Å². The number of carbonyl (C=O) groups excluding carboxylic acids is 1. The van der Waals surface area contributed by atoms with E-state index in [2.05, 4.69) is 25.7 Å². The fraction of sp³-hybridized carbons (Fsp3) is 0.929. The lowest BCUT2D eigenvalue weighted by Crippen LogP contribution is -2.50. The van der Waals surface area contributed by atoms with Crippen LogP contribution in [0.1, 0.15) is 33.6 Å². The Kier molecular flexibility index (Phi) is 6.65. The van der Waals surface area contributed by atoms with Gasteiger partial charge in [-0.15, -0.1) is 0 Å². The van der Waals surface area contributed by atoms with Crippen LogP contribution in [0.15, 0.2) is 0 Å². The number of rotatable bonds is 6. The van der Waals surface area contributed by atoms with Gasteiger partial charge in [-0.05, 0) is 18.4 Å². The number of carbonyl (C=O) groups is 1. The minimum absolute atomic E-state index is 0.330. The van der Waals surface area contributed by atoms with Gasteiger partial charge in [0.2, 0.25) is 5.91 Å². The van der Waals surface area contributed by atoms with Gasteiger partial charge in [0.15, 0.2) is 0 Å². The fourth-order valence-electron chi connectivity index (χ4n) is 2.27. The predicted molar refractivity (Wildman–Crippen MR) is 75.3 cm³/mol. The standard InChI is InChI=1S/C14H29N3O/c1-4-12(2)9-14(18)17-7-5-16(6-8-17)11-13(3)10-15/h12-13H,4-11,15H2,1-3H3. The molecule has 0 saturated carbocycles. The Morgan fingerprint density at radius 3 is 2.28 bits per heavy atom. The summed E-state index contributed by atoms with van der Waals surface area (Å²) in [5.74, 6) is 1.39. The molecule has 0 radical (unpaired) electrons. The Hall–Kier alpha value is -0.610. The van der Waals surface area contributed by atoms with E-state index < -0.39 is 0 Å². The van der Waals surface area contributed by atoms with Gasteiger partial charge < -0.3 is 10.6 Å². The molecule has 1 rings (SSSR count). The lowest BCUT2D eigenvalue weighted by Gasteiger charge is -2.36. The topological polar surface area (TPSA) is 49.6 Å². The van der Waals surface area contributed by atoms with E-state index in [0.29, 0.717) is 24.2 Å². The van der Waals surface area contributed by atoms with Gasteiger partial charge in [-0.25, -0.2) is 0 Å². The van der Waals surface area contributed by atoms with Gasteiger partial charge in [-0.1, -0.05) is 27.2 Å². The first kappa shape index (κ1) is 15.4. The molecule has 0 aromatic rings. The van der Waals surface area contributed by atoms with E-state index in [4.69, 9.17) is 5.73 Å². The van der Waals surface area contributed by atoms with Crippen LogP contribution in [0.2, 0.25) is 0 Å². The first-order valence-corrected chi connectivity index (χ1v) is 7.27. The SMILES string of the molecule is CCC(C)CC(=O)N1CCN(CC(C)CN)CC1. The number of hydrogen-bond acceptors (Lipinski definition) is 3. The summed E-state index contributed by atoms with van der Waals surface area (Å²) in [6, 6.07) is 0. The van der Waals surface area contributed by atoms with Crippen LogP contribution in [0.4, 0.5) is 0 Å². The maximum atomic E-state index is 12.0. The molecule has 1 amide bonds. The molecule has 0 bridgehead atoms. The van der Waals surface area contributed by atoms with Crippen LogP contribution in [-0.4, -0.2) is 55.0 Å². The van der Waals surface area contributed by atoms with Crippen molar-refractivity contribution in [2.24, 2.45) is 17.6 Å². The second kappa shape index (κ2) is 7.74. The summed E-state index contributed by atoms with van der Waals surface area (Å²) in [6.45, 7) is 12.0.